The highest BCUT2D eigenvalue weighted by Gasteiger charge is 2.31. The molecule has 0 spiro atoms. The molecule has 2 atom stereocenters. The van der Waals surface area contributed by atoms with Crippen molar-refractivity contribution in [2.45, 2.75) is 37.8 Å². The Morgan fingerprint density at radius 3 is 2.82 bits per heavy atom. The molecule has 0 aromatic rings. The maximum absolute atomic E-state index is 10.9. The number of fused-ring (bicyclic) bond motifs is 1. The molecule has 0 aliphatic carbocycles. The normalized spacial score (nSPS) is 30.4. The fourth-order valence-electron chi connectivity index (χ4n) is 2.92. The summed E-state index contributed by atoms with van der Waals surface area (Å²) >= 11 is 0. The number of hydrogen-bond donors (Lipinski definition) is 2. The average Bonchev–Trinajstić information content (AvgIpc) is 2.70. The number of piperidine rings is 1. The number of rotatable bonds is 5. The van der Waals surface area contributed by atoms with E-state index in [9.17, 15) is 8.42 Å². The van der Waals surface area contributed by atoms with E-state index in [1.165, 1.54) is 45.0 Å². The Labute approximate surface area is 104 Å². The summed E-state index contributed by atoms with van der Waals surface area (Å²) in [6.45, 7) is 3.68. The van der Waals surface area contributed by atoms with Crippen LogP contribution in [-0.4, -0.2) is 57.8 Å². The van der Waals surface area contributed by atoms with Gasteiger partial charge >= 0.3 is 0 Å². The topological polar surface area (TPSA) is 61.4 Å². The van der Waals surface area contributed by atoms with Crippen molar-refractivity contribution in [1.29, 1.82) is 0 Å². The number of nitrogens with one attached hydrogen (secondary N) is 2. The Bertz CT molecular complexity index is 345. The molecule has 2 aliphatic heterocycles. The molecule has 5 nitrogen and oxygen atoms in total. The SMILES string of the molecule is CS(=O)(=O)NCCNC1CCN2CCCC2C1. The predicted molar refractivity (Wildman–Crippen MR) is 68.5 cm³/mol. The van der Waals surface area contributed by atoms with Gasteiger partial charge < -0.3 is 10.2 Å². The minimum absolute atomic E-state index is 0.490. The summed E-state index contributed by atoms with van der Waals surface area (Å²) in [5.41, 5.74) is 0. The van der Waals surface area contributed by atoms with Crippen molar-refractivity contribution in [2.75, 3.05) is 32.4 Å². The summed E-state index contributed by atoms with van der Waals surface area (Å²) in [7, 11) is -3.04. The molecule has 17 heavy (non-hydrogen) atoms. The third-order valence-electron chi connectivity index (χ3n) is 3.74. The van der Waals surface area contributed by atoms with Gasteiger partial charge in [0.25, 0.3) is 0 Å². The summed E-state index contributed by atoms with van der Waals surface area (Å²) in [6.07, 6.45) is 6.28. The van der Waals surface area contributed by atoms with Crippen molar-refractivity contribution in [2.24, 2.45) is 0 Å². The predicted octanol–water partition coefficient (Wildman–Crippen LogP) is -0.248. The number of hydrogen-bond acceptors (Lipinski definition) is 4. The molecule has 0 radical (unpaired) electrons. The van der Waals surface area contributed by atoms with Crippen LogP contribution in [0.25, 0.3) is 0 Å². The van der Waals surface area contributed by atoms with Crippen LogP contribution in [0.15, 0.2) is 0 Å². The van der Waals surface area contributed by atoms with E-state index < -0.39 is 10.0 Å². The van der Waals surface area contributed by atoms with E-state index in [4.69, 9.17) is 0 Å². The van der Waals surface area contributed by atoms with Crippen molar-refractivity contribution in [1.82, 2.24) is 14.9 Å². The molecule has 0 aromatic carbocycles. The average molecular weight is 261 g/mol. The highest BCUT2D eigenvalue weighted by Crippen LogP contribution is 2.26. The molecule has 2 saturated heterocycles. The third-order valence-corrected chi connectivity index (χ3v) is 4.47. The lowest BCUT2D eigenvalue weighted by atomic mass is 9.98. The lowest BCUT2D eigenvalue weighted by Gasteiger charge is -2.35. The van der Waals surface area contributed by atoms with E-state index in [2.05, 4.69) is 14.9 Å². The summed E-state index contributed by atoms with van der Waals surface area (Å²) in [5, 5.41) is 3.45. The quantitative estimate of drug-likeness (QED) is 0.670. The minimum Gasteiger partial charge on any atom is -0.313 e. The molecule has 2 aliphatic rings. The first kappa shape index (κ1) is 13.3. The van der Waals surface area contributed by atoms with Crippen LogP contribution in [0.5, 0.6) is 0 Å². The molecule has 0 saturated carbocycles. The second-order valence-corrected chi connectivity index (χ2v) is 7.01. The van der Waals surface area contributed by atoms with Crippen molar-refractivity contribution in [3.8, 4) is 0 Å². The van der Waals surface area contributed by atoms with Gasteiger partial charge in [-0.15, -0.1) is 0 Å². The number of sulfonamides is 1. The van der Waals surface area contributed by atoms with Crippen molar-refractivity contribution in [3.05, 3.63) is 0 Å². The van der Waals surface area contributed by atoms with E-state index in [-0.39, 0.29) is 0 Å². The molecule has 6 heteroatoms. The molecule has 100 valence electrons. The van der Waals surface area contributed by atoms with Gasteiger partial charge in [-0.05, 0) is 38.8 Å². The van der Waals surface area contributed by atoms with Crippen LogP contribution >= 0.6 is 0 Å². The molecule has 2 unspecified atom stereocenters. The molecular weight excluding hydrogens is 238 g/mol. The van der Waals surface area contributed by atoms with Crippen LogP contribution in [0.4, 0.5) is 0 Å². The Hall–Kier alpha value is -0.170. The largest absolute Gasteiger partial charge is 0.313 e. The summed E-state index contributed by atoms with van der Waals surface area (Å²) < 4.78 is 24.3. The first-order chi connectivity index (χ1) is 8.04. The van der Waals surface area contributed by atoms with Gasteiger partial charge in [0.15, 0.2) is 0 Å². The van der Waals surface area contributed by atoms with Gasteiger partial charge in [0, 0.05) is 25.2 Å². The first-order valence-corrected chi connectivity index (χ1v) is 8.36. The highest BCUT2D eigenvalue weighted by atomic mass is 32.2. The van der Waals surface area contributed by atoms with Gasteiger partial charge in [0.1, 0.15) is 0 Å². The molecule has 0 bridgehead atoms. The monoisotopic (exact) mass is 261 g/mol. The lowest BCUT2D eigenvalue weighted by molar-refractivity contribution is 0.167. The van der Waals surface area contributed by atoms with E-state index in [1.807, 2.05) is 0 Å². The molecule has 2 N–H and O–H groups in total. The summed E-state index contributed by atoms with van der Waals surface area (Å²) in [4.78, 5) is 2.59. The fraction of sp³-hybridized carbons (Fsp3) is 1.00. The maximum Gasteiger partial charge on any atom is 0.208 e. The minimum atomic E-state index is -3.04. The summed E-state index contributed by atoms with van der Waals surface area (Å²) in [5.74, 6) is 0. The molecular formula is C11H23N3O2S. The standard InChI is InChI=1S/C11H23N3O2S/c1-17(15,16)13-6-5-12-10-4-8-14-7-2-3-11(14)9-10/h10-13H,2-9H2,1H3. The van der Waals surface area contributed by atoms with E-state index in [0.29, 0.717) is 12.6 Å². The van der Waals surface area contributed by atoms with Gasteiger partial charge in [0.2, 0.25) is 10.0 Å². The van der Waals surface area contributed by atoms with Crippen molar-refractivity contribution >= 4 is 10.0 Å². The van der Waals surface area contributed by atoms with Gasteiger partial charge in [-0.3, -0.25) is 0 Å². The Morgan fingerprint density at radius 2 is 2.06 bits per heavy atom. The molecule has 0 amide bonds. The molecule has 2 fully saturated rings. The number of nitrogens with zero attached hydrogens (tertiary/aromatic N) is 1. The van der Waals surface area contributed by atoms with E-state index in [0.717, 1.165) is 12.6 Å². The van der Waals surface area contributed by atoms with Gasteiger partial charge in [-0.25, -0.2) is 13.1 Å². The van der Waals surface area contributed by atoms with Crippen LogP contribution in [-0.2, 0) is 10.0 Å². The summed E-state index contributed by atoms with van der Waals surface area (Å²) in [6, 6.07) is 1.33. The van der Waals surface area contributed by atoms with Gasteiger partial charge in [-0.1, -0.05) is 0 Å². The lowest BCUT2D eigenvalue weighted by Crippen LogP contribution is -2.47. The van der Waals surface area contributed by atoms with Crippen LogP contribution < -0.4 is 10.0 Å². The van der Waals surface area contributed by atoms with Crippen LogP contribution in [0.1, 0.15) is 25.7 Å². The second kappa shape index (κ2) is 5.65. The zero-order valence-corrected chi connectivity index (χ0v) is 11.3. The van der Waals surface area contributed by atoms with Crippen LogP contribution in [0.3, 0.4) is 0 Å². The van der Waals surface area contributed by atoms with E-state index in [1.54, 1.807) is 0 Å². The zero-order chi connectivity index (χ0) is 12.3. The van der Waals surface area contributed by atoms with Crippen molar-refractivity contribution in [3.63, 3.8) is 0 Å². The highest BCUT2D eigenvalue weighted by molar-refractivity contribution is 7.88. The van der Waals surface area contributed by atoms with E-state index >= 15 is 0 Å². The van der Waals surface area contributed by atoms with Gasteiger partial charge in [-0.2, -0.15) is 0 Å². The first-order valence-electron chi connectivity index (χ1n) is 6.47. The second-order valence-electron chi connectivity index (χ2n) is 5.17. The third kappa shape index (κ3) is 4.21. The fourth-order valence-corrected chi connectivity index (χ4v) is 3.40. The zero-order valence-electron chi connectivity index (χ0n) is 10.5. The molecule has 2 rings (SSSR count). The Kier molecular flexibility index (Phi) is 4.41. The smallest absolute Gasteiger partial charge is 0.208 e. The van der Waals surface area contributed by atoms with Crippen LogP contribution in [0, 0.1) is 0 Å². The van der Waals surface area contributed by atoms with Gasteiger partial charge in [0.05, 0.1) is 6.26 Å². The Morgan fingerprint density at radius 1 is 1.24 bits per heavy atom. The van der Waals surface area contributed by atoms with Crippen LogP contribution in [0.2, 0.25) is 0 Å². The molecule has 0 aromatic heterocycles. The maximum atomic E-state index is 10.9. The molecule has 2 heterocycles. The van der Waals surface area contributed by atoms with Crippen molar-refractivity contribution < 1.29 is 8.42 Å². The Balaban J connectivity index is 1.63.